The molecule has 1 amide bonds. The smallest absolute Gasteiger partial charge is 0.258 e. The summed E-state index contributed by atoms with van der Waals surface area (Å²) in [4.78, 5) is 20.4. The number of fused-ring (bicyclic) bond motifs is 1. The molecule has 2 heterocycles. The molecule has 1 N–H and O–H groups in total. The standard InChI is InChI=1S/C15H9Cl2N3O/c16-11-5-7-18-8-10(11)15(21)20-13-4-3-12(17)14-9(13)2-1-6-19-14/h1-8H,(H,20,21). The van der Waals surface area contributed by atoms with E-state index >= 15 is 0 Å². The third kappa shape index (κ3) is 2.68. The summed E-state index contributed by atoms with van der Waals surface area (Å²) < 4.78 is 0. The number of anilines is 1. The molecule has 0 saturated carbocycles. The number of nitrogens with one attached hydrogen (secondary N) is 1. The zero-order chi connectivity index (χ0) is 14.8. The molecular formula is C15H9Cl2N3O. The number of hydrogen-bond acceptors (Lipinski definition) is 3. The van der Waals surface area contributed by atoms with Crippen molar-refractivity contribution >= 4 is 45.7 Å². The number of halogens is 2. The molecule has 0 bridgehead atoms. The molecule has 0 aliphatic carbocycles. The normalized spacial score (nSPS) is 10.6. The van der Waals surface area contributed by atoms with Crippen LogP contribution in [0.1, 0.15) is 10.4 Å². The maximum absolute atomic E-state index is 12.3. The van der Waals surface area contributed by atoms with Gasteiger partial charge in [-0.3, -0.25) is 14.8 Å². The monoisotopic (exact) mass is 317 g/mol. The van der Waals surface area contributed by atoms with Crippen LogP contribution in [0.2, 0.25) is 10.0 Å². The van der Waals surface area contributed by atoms with Crippen molar-refractivity contribution in [3.05, 3.63) is 64.5 Å². The van der Waals surface area contributed by atoms with Crippen LogP contribution < -0.4 is 5.32 Å². The largest absolute Gasteiger partial charge is 0.321 e. The number of pyridine rings is 2. The van der Waals surface area contributed by atoms with E-state index in [0.29, 0.717) is 26.8 Å². The van der Waals surface area contributed by atoms with Crippen LogP contribution in [0.4, 0.5) is 5.69 Å². The Kier molecular flexibility index (Phi) is 3.73. The van der Waals surface area contributed by atoms with Crippen LogP contribution in [-0.2, 0) is 0 Å². The van der Waals surface area contributed by atoms with Gasteiger partial charge in [-0.1, -0.05) is 23.2 Å². The van der Waals surface area contributed by atoms with Gasteiger partial charge in [-0.15, -0.1) is 0 Å². The lowest BCUT2D eigenvalue weighted by molar-refractivity contribution is 0.102. The Bertz CT molecular complexity index is 836. The molecule has 2 aromatic heterocycles. The Morgan fingerprint density at radius 2 is 1.90 bits per heavy atom. The molecule has 3 aromatic rings. The van der Waals surface area contributed by atoms with Crippen LogP contribution in [0.25, 0.3) is 10.9 Å². The van der Waals surface area contributed by atoms with Crippen LogP contribution in [0.15, 0.2) is 48.9 Å². The number of amides is 1. The molecular weight excluding hydrogens is 309 g/mol. The summed E-state index contributed by atoms with van der Waals surface area (Å²) >= 11 is 12.1. The summed E-state index contributed by atoms with van der Waals surface area (Å²) in [6.07, 6.45) is 4.60. The Hall–Kier alpha value is -2.17. The minimum Gasteiger partial charge on any atom is -0.321 e. The molecule has 0 saturated heterocycles. The van der Waals surface area contributed by atoms with Gasteiger partial charge < -0.3 is 5.32 Å². The van der Waals surface area contributed by atoms with Gasteiger partial charge >= 0.3 is 0 Å². The Morgan fingerprint density at radius 1 is 1.05 bits per heavy atom. The summed E-state index contributed by atoms with van der Waals surface area (Å²) in [5.41, 5.74) is 1.56. The number of carbonyl (C=O) groups is 1. The summed E-state index contributed by atoms with van der Waals surface area (Å²) in [6.45, 7) is 0. The molecule has 1 aromatic carbocycles. The predicted octanol–water partition coefficient (Wildman–Crippen LogP) is 4.19. The van der Waals surface area contributed by atoms with Crippen molar-refractivity contribution in [2.45, 2.75) is 0 Å². The third-order valence-corrected chi connectivity index (χ3v) is 3.62. The van der Waals surface area contributed by atoms with E-state index in [4.69, 9.17) is 23.2 Å². The lowest BCUT2D eigenvalue weighted by Crippen LogP contribution is -2.13. The van der Waals surface area contributed by atoms with Crippen LogP contribution in [0.5, 0.6) is 0 Å². The molecule has 0 atom stereocenters. The first-order valence-corrected chi connectivity index (χ1v) is 6.86. The fraction of sp³-hybridized carbons (Fsp3) is 0. The van der Waals surface area contributed by atoms with Gasteiger partial charge in [0.05, 0.1) is 26.8 Å². The fourth-order valence-electron chi connectivity index (χ4n) is 1.98. The van der Waals surface area contributed by atoms with Gasteiger partial charge in [0.25, 0.3) is 5.91 Å². The summed E-state index contributed by atoms with van der Waals surface area (Å²) in [5.74, 6) is -0.333. The average molecular weight is 318 g/mol. The van der Waals surface area contributed by atoms with Gasteiger partial charge in [-0.2, -0.15) is 0 Å². The van der Waals surface area contributed by atoms with Crippen molar-refractivity contribution < 1.29 is 4.79 Å². The van der Waals surface area contributed by atoms with Crippen LogP contribution in [0, 0.1) is 0 Å². The first kappa shape index (κ1) is 13.8. The number of hydrogen-bond donors (Lipinski definition) is 1. The summed E-state index contributed by atoms with van der Waals surface area (Å²) in [5, 5.41) is 4.45. The Labute approximate surface area is 130 Å². The SMILES string of the molecule is O=C(Nc1ccc(Cl)c2ncccc12)c1cnccc1Cl. The molecule has 0 radical (unpaired) electrons. The van der Waals surface area contributed by atoms with Gasteiger partial charge in [0, 0.05) is 24.0 Å². The van der Waals surface area contributed by atoms with Crippen LogP contribution >= 0.6 is 23.2 Å². The second-order valence-electron chi connectivity index (χ2n) is 4.30. The Balaban J connectivity index is 2.01. The highest BCUT2D eigenvalue weighted by atomic mass is 35.5. The van der Waals surface area contributed by atoms with E-state index in [1.54, 1.807) is 30.5 Å². The fourth-order valence-corrected chi connectivity index (χ4v) is 2.39. The molecule has 104 valence electrons. The maximum atomic E-state index is 12.3. The van der Waals surface area contributed by atoms with Crippen LogP contribution in [-0.4, -0.2) is 15.9 Å². The topological polar surface area (TPSA) is 54.9 Å². The van der Waals surface area contributed by atoms with E-state index in [2.05, 4.69) is 15.3 Å². The quantitative estimate of drug-likeness (QED) is 0.771. The van der Waals surface area contributed by atoms with E-state index < -0.39 is 0 Å². The number of aromatic nitrogens is 2. The first-order valence-electron chi connectivity index (χ1n) is 6.11. The highest BCUT2D eigenvalue weighted by Gasteiger charge is 2.13. The first-order chi connectivity index (χ1) is 10.2. The lowest BCUT2D eigenvalue weighted by Gasteiger charge is -2.09. The lowest BCUT2D eigenvalue weighted by atomic mass is 10.1. The molecule has 4 nitrogen and oxygen atoms in total. The predicted molar refractivity (Wildman–Crippen MR) is 84.0 cm³/mol. The summed E-state index contributed by atoms with van der Waals surface area (Å²) in [7, 11) is 0. The number of benzene rings is 1. The van der Waals surface area contributed by atoms with Gasteiger partial charge in [-0.25, -0.2) is 0 Å². The van der Waals surface area contributed by atoms with Crippen molar-refractivity contribution in [3.8, 4) is 0 Å². The minimum absolute atomic E-state index is 0.311. The zero-order valence-corrected chi connectivity index (χ0v) is 12.2. The molecule has 0 fully saturated rings. The number of rotatable bonds is 2. The second kappa shape index (κ2) is 5.68. The van der Waals surface area contributed by atoms with E-state index in [1.165, 1.54) is 12.4 Å². The third-order valence-electron chi connectivity index (χ3n) is 2.98. The van der Waals surface area contributed by atoms with Gasteiger partial charge in [0.15, 0.2) is 0 Å². The number of carbonyl (C=O) groups excluding carboxylic acids is 1. The van der Waals surface area contributed by atoms with Gasteiger partial charge in [0.2, 0.25) is 0 Å². The van der Waals surface area contributed by atoms with Crippen molar-refractivity contribution in [1.29, 1.82) is 0 Å². The Morgan fingerprint density at radius 3 is 2.71 bits per heavy atom. The highest BCUT2D eigenvalue weighted by Crippen LogP contribution is 2.28. The molecule has 0 aliphatic rings. The molecule has 3 rings (SSSR count). The van der Waals surface area contributed by atoms with E-state index in [1.807, 2.05) is 6.07 Å². The molecule has 0 unspecified atom stereocenters. The average Bonchev–Trinajstić information content (AvgIpc) is 2.51. The highest BCUT2D eigenvalue weighted by molar-refractivity contribution is 6.36. The van der Waals surface area contributed by atoms with Crippen molar-refractivity contribution in [2.24, 2.45) is 0 Å². The molecule has 0 aliphatic heterocycles. The zero-order valence-electron chi connectivity index (χ0n) is 10.7. The molecule has 0 spiro atoms. The molecule has 6 heteroatoms. The number of nitrogens with zero attached hydrogens (tertiary/aromatic N) is 2. The van der Waals surface area contributed by atoms with Gasteiger partial charge in [0.1, 0.15) is 0 Å². The van der Waals surface area contributed by atoms with E-state index in [9.17, 15) is 4.79 Å². The van der Waals surface area contributed by atoms with Crippen molar-refractivity contribution in [2.75, 3.05) is 5.32 Å². The van der Waals surface area contributed by atoms with Gasteiger partial charge in [-0.05, 0) is 30.3 Å². The van der Waals surface area contributed by atoms with Crippen LogP contribution in [0.3, 0.4) is 0 Å². The van der Waals surface area contributed by atoms with E-state index in [0.717, 1.165) is 5.39 Å². The minimum atomic E-state index is -0.333. The second-order valence-corrected chi connectivity index (χ2v) is 5.12. The van der Waals surface area contributed by atoms with E-state index in [-0.39, 0.29) is 5.91 Å². The van der Waals surface area contributed by atoms with Crippen molar-refractivity contribution in [1.82, 2.24) is 9.97 Å². The molecule has 21 heavy (non-hydrogen) atoms. The maximum Gasteiger partial charge on any atom is 0.258 e. The van der Waals surface area contributed by atoms with Crippen molar-refractivity contribution in [3.63, 3.8) is 0 Å². The summed E-state index contributed by atoms with van der Waals surface area (Å²) in [6, 6.07) is 8.61.